The fourth-order valence-corrected chi connectivity index (χ4v) is 3.01. The Bertz CT molecular complexity index is 1210. The van der Waals surface area contributed by atoms with Gasteiger partial charge in [-0.15, -0.1) is 0 Å². The van der Waals surface area contributed by atoms with Gasteiger partial charge in [0.25, 0.3) is 5.56 Å². The molecule has 0 fully saturated rings. The van der Waals surface area contributed by atoms with E-state index in [1.54, 1.807) is 16.5 Å². The predicted molar refractivity (Wildman–Crippen MR) is 99.9 cm³/mol. The van der Waals surface area contributed by atoms with Crippen molar-refractivity contribution in [3.8, 4) is 0 Å². The lowest BCUT2D eigenvalue weighted by Crippen LogP contribution is -2.33. The summed E-state index contributed by atoms with van der Waals surface area (Å²) in [5.74, 6) is -0.682. The monoisotopic (exact) mass is 364 g/mol. The number of nitrogens with zero attached hydrogens (tertiary/aromatic N) is 3. The number of amides is 1. The average molecular weight is 364 g/mol. The molecule has 0 aliphatic rings. The summed E-state index contributed by atoms with van der Waals surface area (Å²) < 4.78 is 16.1. The first-order valence-corrected chi connectivity index (χ1v) is 8.50. The van der Waals surface area contributed by atoms with Gasteiger partial charge in [-0.25, -0.2) is 9.07 Å². The van der Waals surface area contributed by atoms with Crippen LogP contribution in [0.15, 0.2) is 59.7 Å². The van der Waals surface area contributed by atoms with Crippen molar-refractivity contribution in [2.24, 2.45) is 0 Å². The molecule has 6 nitrogen and oxygen atoms in total. The molecule has 0 saturated carbocycles. The Morgan fingerprint density at radius 3 is 2.67 bits per heavy atom. The van der Waals surface area contributed by atoms with Gasteiger partial charge in [0, 0.05) is 11.9 Å². The molecule has 0 unspecified atom stereocenters. The molecule has 0 aliphatic heterocycles. The first kappa shape index (κ1) is 17.0. The topological polar surface area (TPSA) is 68.4 Å². The molecule has 0 aliphatic carbocycles. The van der Waals surface area contributed by atoms with Crippen molar-refractivity contribution < 1.29 is 9.18 Å². The Kier molecular flexibility index (Phi) is 4.19. The van der Waals surface area contributed by atoms with Gasteiger partial charge in [0.15, 0.2) is 0 Å². The zero-order valence-corrected chi connectivity index (χ0v) is 14.6. The Hall–Kier alpha value is -3.48. The lowest BCUT2D eigenvalue weighted by Gasteiger charge is -2.07. The second-order valence-electron chi connectivity index (χ2n) is 6.46. The van der Waals surface area contributed by atoms with Gasteiger partial charge in [-0.1, -0.05) is 29.8 Å². The maximum Gasteiger partial charge on any atom is 0.291 e. The van der Waals surface area contributed by atoms with Gasteiger partial charge in [0.1, 0.15) is 24.2 Å². The van der Waals surface area contributed by atoms with Gasteiger partial charge in [0.2, 0.25) is 5.91 Å². The molecule has 4 rings (SSSR count). The van der Waals surface area contributed by atoms with Gasteiger partial charge in [0.05, 0.1) is 5.52 Å². The van der Waals surface area contributed by atoms with Gasteiger partial charge in [-0.2, -0.15) is 5.10 Å². The van der Waals surface area contributed by atoms with Crippen molar-refractivity contribution in [3.05, 3.63) is 82.2 Å². The Balaban J connectivity index is 1.55. The van der Waals surface area contributed by atoms with Crippen LogP contribution in [-0.4, -0.2) is 20.1 Å². The normalized spacial score (nSPS) is 11.2. The SMILES string of the molecule is Cc1ccc(CNC(=O)Cn2ncn3c(cc4cc(F)ccc43)c2=O)cc1. The van der Waals surface area contributed by atoms with Crippen molar-refractivity contribution in [2.45, 2.75) is 20.0 Å². The number of aromatic nitrogens is 3. The van der Waals surface area contributed by atoms with E-state index in [1.165, 1.54) is 18.5 Å². The number of rotatable bonds is 4. The maximum absolute atomic E-state index is 13.4. The summed E-state index contributed by atoms with van der Waals surface area (Å²) >= 11 is 0. The summed E-state index contributed by atoms with van der Waals surface area (Å²) in [6.45, 7) is 2.19. The molecule has 1 N–H and O–H groups in total. The smallest absolute Gasteiger partial charge is 0.291 e. The number of halogens is 1. The van der Waals surface area contributed by atoms with Gasteiger partial charge >= 0.3 is 0 Å². The second kappa shape index (κ2) is 6.68. The molecule has 27 heavy (non-hydrogen) atoms. The number of aryl methyl sites for hydroxylation is 1. The van der Waals surface area contributed by atoms with Gasteiger partial charge in [-0.05, 0) is 36.8 Å². The Morgan fingerprint density at radius 1 is 1.11 bits per heavy atom. The number of hydrogen-bond donors (Lipinski definition) is 1. The fraction of sp³-hybridized carbons (Fsp3) is 0.150. The molecule has 2 heterocycles. The summed E-state index contributed by atoms with van der Waals surface area (Å²) in [6, 6.07) is 13.7. The van der Waals surface area contributed by atoms with Crippen molar-refractivity contribution in [2.75, 3.05) is 0 Å². The maximum atomic E-state index is 13.4. The van der Waals surface area contributed by atoms with E-state index in [1.807, 2.05) is 31.2 Å². The molecule has 2 aromatic carbocycles. The summed E-state index contributed by atoms with van der Waals surface area (Å²) in [6.07, 6.45) is 1.46. The number of carbonyl (C=O) groups excluding carboxylic acids is 1. The second-order valence-corrected chi connectivity index (χ2v) is 6.46. The summed E-state index contributed by atoms with van der Waals surface area (Å²) in [5.41, 5.74) is 2.75. The lowest BCUT2D eigenvalue weighted by atomic mass is 10.1. The first-order valence-electron chi connectivity index (χ1n) is 8.50. The highest BCUT2D eigenvalue weighted by molar-refractivity contribution is 5.86. The van der Waals surface area contributed by atoms with Crippen molar-refractivity contribution in [3.63, 3.8) is 0 Å². The average Bonchev–Trinajstić information content (AvgIpc) is 3.02. The third-order valence-corrected chi connectivity index (χ3v) is 4.46. The van der Waals surface area contributed by atoms with E-state index in [2.05, 4.69) is 10.4 Å². The number of carbonyl (C=O) groups is 1. The number of benzene rings is 2. The number of hydrogen-bond acceptors (Lipinski definition) is 3. The van der Waals surface area contributed by atoms with Crippen LogP contribution < -0.4 is 10.9 Å². The van der Waals surface area contributed by atoms with E-state index in [0.29, 0.717) is 23.0 Å². The molecule has 0 atom stereocenters. The van der Waals surface area contributed by atoms with Gasteiger partial charge < -0.3 is 5.32 Å². The van der Waals surface area contributed by atoms with Crippen LogP contribution in [0.5, 0.6) is 0 Å². The highest BCUT2D eigenvalue weighted by Crippen LogP contribution is 2.18. The van der Waals surface area contributed by atoms with Crippen LogP contribution in [0, 0.1) is 12.7 Å². The molecule has 4 aromatic rings. The molecule has 0 radical (unpaired) electrons. The fourth-order valence-electron chi connectivity index (χ4n) is 3.01. The highest BCUT2D eigenvalue weighted by atomic mass is 19.1. The van der Waals surface area contributed by atoms with E-state index >= 15 is 0 Å². The number of nitrogens with one attached hydrogen (secondary N) is 1. The van der Waals surface area contributed by atoms with Crippen LogP contribution >= 0.6 is 0 Å². The summed E-state index contributed by atoms with van der Waals surface area (Å²) in [4.78, 5) is 24.8. The molecule has 0 saturated heterocycles. The molecule has 0 spiro atoms. The molecular weight excluding hydrogens is 347 g/mol. The minimum Gasteiger partial charge on any atom is -0.350 e. The van der Waals surface area contributed by atoms with Gasteiger partial charge in [-0.3, -0.25) is 14.0 Å². The minimum absolute atomic E-state index is 0.183. The summed E-state index contributed by atoms with van der Waals surface area (Å²) in [7, 11) is 0. The molecule has 136 valence electrons. The molecular formula is C20H17FN4O2. The predicted octanol–water partition coefficient (Wildman–Crippen LogP) is 2.41. The van der Waals surface area contributed by atoms with E-state index in [0.717, 1.165) is 15.8 Å². The van der Waals surface area contributed by atoms with Crippen LogP contribution in [0.25, 0.3) is 16.4 Å². The molecule has 2 aromatic heterocycles. The van der Waals surface area contributed by atoms with E-state index < -0.39 is 5.56 Å². The first-order chi connectivity index (χ1) is 13.0. The van der Waals surface area contributed by atoms with E-state index in [9.17, 15) is 14.0 Å². The Morgan fingerprint density at radius 2 is 1.89 bits per heavy atom. The van der Waals surface area contributed by atoms with Crippen LogP contribution in [-0.2, 0) is 17.9 Å². The van der Waals surface area contributed by atoms with E-state index in [4.69, 9.17) is 0 Å². The van der Waals surface area contributed by atoms with Crippen LogP contribution in [0.3, 0.4) is 0 Å². The van der Waals surface area contributed by atoms with Crippen molar-refractivity contribution in [1.29, 1.82) is 0 Å². The highest BCUT2D eigenvalue weighted by Gasteiger charge is 2.12. The van der Waals surface area contributed by atoms with Crippen LogP contribution in [0.2, 0.25) is 0 Å². The molecule has 1 amide bonds. The lowest BCUT2D eigenvalue weighted by molar-refractivity contribution is -0.122. The van der Waals surface area contributed by atoms with Crippen LogP contribution in [0.4, 0.5) is 4.39 Å². The van der Waals surface area contributed by atoms with Crippen molar-refractivity contribution >= 4 is 22.3 Å². The molecule has 0 bridgehead atoms. The van der Waals surface area contributed by atoms with E-state index in [-0.39, 0.29) is 18.3 Å². The minimum atomic E-state index is -0.403. The third-order valence-electron chi connectivity index (χ3n) is 4.46. The molecule has 7 heteroatoms. The standard InChI is InChI=1S/C20H17FN4O2/c1-13-2-4-14(5-3-13)10-22-19(26)11-25-20(27)18-9-15-8-16(21)6-7-17(15)24(18)12-23-25/h2-9,12H,10-11H2,1H3,(H,22,26). The quantitative estimate of drug-likeness (QED) is 0.605. The zero-order valence-electron chi connectivity index (χ0n) is 14.6. The Labute approximate surface area is 153 Å². The summed E-state index contributed by atoms with van der Waals surface area (Å²) in [5, 5.41) is 7.46. The third kappa shape index (κ3) is 3.31. The number of fused-ring (bicyclic) bond motifs is 3. The zero-order chi connectivity index (χ0) is 19.0. The van der Waals surface area contributed by atoms with Crippen LogP contribution in [0.1, 0.15) is 11.1 Å². The largest absolute Gasteiger partial charge is 0.350 e. The van der Waals surface area contributed by atoms with Crippen molar-refractivity contribution in [1.82, 2.24) is 19.5 Å².